The molecule has 0 spiro atoms. The van der Waals surface area contributed by atoms with Crippen molar-refractivity contribution in [2.24, 2.45) is 11.7 Å². The normalized spacial score (nSPS) is 14.5. The third-order valence-electron chi connectivity index (χ3n) is 2.40. The molecule has 82 valence electrons. The zero-order valence-electron chi connectivity index (χ0n) is 9.10. The Morgan fingerprint density at radius 1 is 1.60 bits per heavy atom. The second-order valence-electron chi connectivity index (χ2n) is 3.72. The van der Waals surface area contributed by atoms with Crippen molar-refractivity contribution in [1.82, 2.24) is 10.3 Å². The topological polar surface area (TPSA) is 68.0 Å². The molecule has 0 saturated heterocycles. The largest absolute Gasteiger partial charge is 0.369 e. The monoisotopic (exact) mass is 207 g/mol. The van der Waals surface area contributed by atoms with E-state index in [-0.39, 0.29) is 17.9 Å². The molecule has 0 aliphatic carbocycles. The Morgan fingerprint density at radius 2 is 2.33 bits per heavy atom. The average molecular weight is 207 g/mol. The minimum atomic E-state index is -0.277. The van der Waals surface area contributed by atoms with Crippen LogP contribution in [0.25, 0.3) is 0 Å². The van der Waals surface area contributed by atoms with E-state index in [4.69, 9.17) is 5.73 Å². The lowest BCUT2D eigenvalue weighted by atomic mass is 10.1. The van der Waals surface area contributed by atoms with Crippen molar-refractivity contribution in [2.45, 2.75) is 19.9 Å². The summed E-state index contributed by atoms with van der Waals surface area (Å²) in [5, 5.41) is 3.24. The van der Waals surface area contributed by atoms with Gasteiger partial charge in [-0.1, -0.05) is 13.0 Å². The Bertz CT molecular complexity index is 313. The van der Waals surface area contributed by atoms with Gasteiger partial charge in [-0.25, -0.2) is 0 Å². The van der Waals surface area contributed by atoms with E-state index in [1.54, 1.807) is 6.20 Å². The molecule has 1 rings (SSSR count). The van der Waals surface area contributed by atoms with Crippen LogP contribution < -0.4 is 11.1 Å². The molecule has 3 N–H and O–H groups in total. The van der Waals surface area contributed by atoms with E-state index < -0.39 is 0 Å². The molecular weight excluding hydrogens is 190 g/mol. The SMILES string of the molecule is CC(CN[C@@H](C)c1cccnc1)C(N)=O. The molecule has 1 aromatic rings. The van der Waals surface area contributed by atoms with Crippen LogP contribution in [-0.4, -0.2) is 17.4 Å². The lowest BCUT2D eigenvalue weighted by molar-refractivity contribution is -0.121. The van der Waals surface area contributed by atoms with Gasteiger partial charge in [-0.05, 0) is 18.6 Å². The van der Waals surface area contributed by atoms with Gasteiger partial charge in [-0.3, -0.25) is 9.78 Å². The van der Waals surface area contributed by atoms with Crippen LogP contribution in [0, 0.1) is 5.92 Å². The Hall–Kier alpha value is -1.42. The summed E-state index contributed by atoms with van der Waals surface area (Å²) in [6.07, 6.45) is 3.55. The van der Waals surface area contributed by atoms with E-state index in [9.17, 15) is 4.79 Å². The van der Waals surface area contributed by atoms with Gasteiger partial charge < -0.3 is 11.1 Å². The van der Waals surface area contributed by atoms with Gasteiger partial charge in [-0.2, -0.15) is 0 Å². The fraction of sp³-hybridized carbons (Fsp3) is 0.455. The number of pyridine rings is 1. The first-order valence-electron chi connectivity index (χ1n) is 5.04. The number of carbonyl (C=O) groups excluding carboxylic acids is 1. The molecule has 1 aromatic heterocycles. The van der Waals surface area contributed by atoms with Crippen molar-refractivity contribution in [2.75, 3.05) is 6.54 Å². The number of amides is 1. The van der Waals surface area contributed by atoms with E-state index in [0.29, 0.717) is 6.54 Å². The predicted octanol–water partition coefficient (Wildman–Crippen LogP) is 0.854. The van der Waals surface area contributed by atoms with Gasteiger partial charge in [0.1, 0.15) is 0 Å². The summed E-state index contributed by atoms with van der Waals surface area (Å²) in [4.78, 5) is 14.9. The van der Waals surface area contributed by atoms with Crippen LogP contribution in [-0.2, 0) is 4.79 Å². The van der Waals surface area contributed by atoms with Crippen molar-refractivity contribution in [1.29, 1.82) is 0 Å². The quantitative estimate of drug-likeness (QED) is 0.752. The molecule has 0 aliphatic rings. The number of hydrogen-bond donors (Lipinski definition) is 2. The second-order valence-corrected chi connectivity index (χ2v) is 3.72. The molecule has 4 nitrogen and oxygen atoms in total. The predicted molar refractivity (Wildman–Crippen MR) is 59.0 cm³/mol. The third-order valence-corrected chi connectivity index (χ3v) is 2.40. The van der Waals surface area contributed by atoms with E-state index >= 15 is 0 Å². The van der Waals surface area contributed by atoms with Gasteiger partial charge in [0.2, 0.25) is 5.91 Å². The van der Waals surface area contributed by atoms with Gasteiger partial charge in [0.25, 0.3) is 0 Å². The van der Waals surface area contributed by atoms with E-state index in [1.165, 1.54) is 0 Å². The summed E-state index contributed by atoms with van der Waals surface area (Å²) in [7, 11) is 0. The maximum Gasteiger partial charge on any atom is 0.221 e. The van der Waals surface area contributed by atoms with Gasteiger partial charge in [0.15, 0.2) is 0 Å². The minimum absolute atomic E-state index is 0.149. The average Bonchev–Trinajstić information content (AvgIpc) is 2.26. The molecule has 1 amide bonds. The highest BCUT2D eigenvalue weighted by molar-refractivity contribution is 5.76. The summed E-state index contributed by atoms with van der Waals surface area (Å²) in [6, 6.07) is 4.07. The molecule has 1 unspecified atom stereocenters. The van der Waals surface area contributed by atoms with Crippen molar-refractivity contribution >= 4 is 5.91 Å². The molecule has 0 saturated carbocycles. The zero-order chi connectivity index (χ0) is 11.3. The fourth-order valence-electron chi connectivity index (χ4n) is 1.20. The molecule has 2 atom stereocenters. The van der Waals surface area contributed by atoms with Crippen LogP contribution in [0.2, 0.25) is 0 Å². The number of nitrogens with one attached hydrogen (secondary N) is 1. The van der Waals surface area contributed by atoms with Crippen molar-refractivity contribution in [3.63, 3.8) is 0 Å². The summed E-state index contributed by atoms with van der Waals surface area (Å²) in [5.41, 5.74) is 6.28. The number of hydrogen-bond acceptors (Lipinski definition) is 3. The van der Waals surface area contributed by atoms with Gasteiger partial charge in [0.05, 0.1) is 0 Å². The summed E-state index contributed by atoms with van der Waals surface area (Å²) in [5.74, 6) is -0.426. The van der Waals surface area contributed by atoms with Crippen LogP contribution in [0.4, 0.5) is 0 Å². The lowest BCUT2D eigenvalue weighted by Crippen LogP contribution is -2.32. The van der Waals surface area contributed by atoms with Gasteiger partial charge in [-0.15, -0.1) is 0 Å². The molecule has 0 aromatic carbocycles. The molecule has 0 aliphatic heterocycles. The number of nitrogens with two attached hydrogens (primary N) is 1. The van der Waals surface area contributed by atoms with Gasteiger partial charge >= 0.3 is 0 Å². The molecule has 4 heteroatoms. The van der Waals surface area contributed by atoms with Gasteiger partial charge in [0, 0.05) is 30.9 Å². The van der Waals surface area contributed by atoms with Crippen LogP contribution in [0.3, 0.4) is 0 Å². The highest BCUT2D eigenvalue weighted by Crippen LogP contribution is 2.09. The van der Waals surface area contributed by atoms with E-state index in [2.05, 4.69) is 10.3 Å². The highest BCUT2D eigenvalue weighted by Gasteiger charge is 2.10. The molecule has 1 heterocycles. The first-order chi connectivity index (χ1) is 7.11. The Balaban J connectivity index is 2.43. The zero-order valence-corrected chi connectivity index (χ0v) is 9.10. The first kappa shape index (κ1) is 11.7. The van der Waals surface area contributed by atoms with Crippen LogP contribution in [0.5, 0.6) is 0 Å². The maximum absolute atomic E-state index is 10.8. The Labute approximate surface area is 89.9 Å². The first-order valence-corrected chi connectivity index (χ1v) is 5.04. The van der Waals surface area contributed by atoms with Crippen LogP contribution >= 0.6 is 0 Å². The number of primary amides is 1. The smallest absolute Gasteiger partial charge is 0.221 e. The molecule has 15 heavy (non-hydrogen) atoms. The van der Waals surface area contributed by atoms with Crippen molar-refractivity contribution < 1.29 is 4.79 Å². The highest BCUT2D eigenvalue weighted by atomic mass is 16.1. The standard InChI is InChI=1S/C11H17N3O/c1-8(11(12)15)6-14-9(2)10-4-3-5-13-7-10/h3-5,7-9,14H,6H2,1-2H3,(H2,12,15)/t8?,9-/m0/s1. The summed E-state index contributed by atoms with van der Waals surface area (Å²) < 4.78 is 0. The van der Waals surface area contributed by atoms with Crippen LogP contribution in [0.1, 0.15) is 25.5 Å². The molecular formula is C11H17N3O. The lowest BCUT2D eigenvalue weighted by Gasteiger charge is -2.15. The van der Waals surface area contributed by atoms with Crippen LogP contribution in [0.15, 0.2) is 24.5 Å². The number of nitrogens with zero attached hydrogens (tertiary/aromatic N) is 1. The Morgan fingerprint density at radius 3 is 2.87 bits per heavy atom. The molecule has 0 bridgehead atoms. The number of rotatable bonds is 5. The Kier molecular flexibility index (Phi) is 4.24. The maximum atomic E-state index is 10.8. The number of carbonyl (C=O) groups is 1. The minimum Gasteiger partial charge on any atom is -0.369 e. The molecule has 0 radical (unpaired) electrons. The van der Waals surface area contributed by atoms with Crippen molar-refractivity contribution in [3.8, 4) is 0 Å². The number of aromatic nitrogens is 1. The third kappa shape index (κ3) is 3.67. The second kappa shape index (κ2) is 5.46. The van der Waals surface area contributed by atoms with E-state index in [0.717, 1.165) is 5.56 Å². The van der Waals surface area contributed by atoms with Crippen molar-refractivity contribution in [3.05, 3.63) is 30.1 Å². The summed E-state index contributed by atoms with van der Waals surface area (Å²) in [6.45, 7) is 4.43. The van der Waals surface area contributed by atoms with E-state index in [1.807, 2.05) is 32.2 Å². The summed E-state index contributed by atoms with van der Waals surface area (Å²) >= 11 is 0. The molecule has 0 fully saturated rings. The fourth-order valence-corrected chi connectivity index (χ4v) is 1.20.